The number of hydrogen-bond acceptors (Lipinski definition) is 2. The molecule has 2 heteroatoms. The Hall–Kier alpha value is -0.340. The van der Waals surface area contributed by atoms with Crippen LogP contribution < -0.4 is 0 Å². The molecule has 4 fully saturated rings. The van der Waals surface area contributed by atoms with Gasteiger partial charge in [0.05, 0.1) is 12.2 Å². The zero-order valence-corrected chi connectivity index (χ0v) is 32.3. The Labute approximate surface area is 287 Å². The van der Waals surface area contributed by atoms with Crippen LogP contribution in [0, 0.1) is 56.7 Å². The molecular formula is C44H78O2. The van der Waals surface area contributed by atoms with E-state index in [2.05, 4.69) is 68.4 Å². The lowest BCUT2D eigenvalue weighted by Crippen LogP contribution is -2.69. The fourth-order valence-corrected chi connectivity index (χ4v) is 13.7. The topological polar surface area (TPSA) is 29.5 Å². The van der Waals surface area contributed by atoms with Crippen LogP contribution in [0.25, 0.3) is 0 Å². The molecule has 1 N–H and O–H groups in total. The zero-order valence-electron chi connectivity index (χ0n) is 32.3. The number of hydrogen-bond donors (Lipinski definition) is 1. The third-order valence-electron chi connectivity index (χ3n) is 16.9. The normalized spacial score (nSPS) is 44.8. The summed E-state index contributed by atoms with van der Waals surface area (Å²) < 4.78 is 6.82. The Morgan fingerprint density at radius 3 is 1.96 bits per heavy atom. The fraction of sp³-hybridized carbons (Fsp3) is 0.955. The molecule has 5 rings (SSSR count). The second kappa shape index (κ2) is 14.5. The molecule has 2 nitrogen and oxygen atoms in total. The maximum atomic E-state index is 12.0. The number of unbranched alkanes of at least 4 members (excludes halogenated alkanes) is 11. The molecule has 0 amide bonds. The highest BCUT2D eigenvalue weighted by atomic mass is 16.5. The SMILES string of the molecule is CCCCCCCCCCCCCCO[C@H]1CC[C@]2(C)[C@H]3CC[C@@H]4[C@H]5[C@H](C)C(C)=CC[C@]5(C)[C@@H](O)C[C@@]4(C)[C@]3(C)CC[C@H]2C1(C)C. The van der Waals surface area contributed by atoms with Gasteiger partial charge in [-0.05, 0) is 116 Å². The average molecular weight is 639 g/mol. The van der Waals surface area contributed by atoms with E-state index in [9.17, 15) is 5.11 Å². The number of ether oxygens (including phenoxy) is 1. The van der Waals surface area contributed by atoms with Crippen LogP contribution in [-0.2, 0) is 4.74 Å². The largest absolute Gasteiger partial charge is 0.393 e. The predicted molar refractivity (Wildman–Crippen MR) is 197 cm³/mol. The van der Waals surface area contributed by atoms with Crippen molar-refractivity contribution in [3.8, 4) is 0 Å². The first-order chi connectivity index (χ1) is 21.8. The molecule has 4 saturated carbocycles. The average Bonchev–Trinajstić information content (AvgIpc) is 2.99. The summed E-state index contributed by atoms with van der Waals surface area (Å²) in [5.74, 6) is 3.40. The highest BCUT2D eigenvalue weighted by Gasteiger charge is 2.71. The molecular weight excluding hydrogens is 560 g/mol. The van der Waals surface area contributed by atoms with Gasteiger partial charge < -0.3 is 9.84 Å². The first kappa shape index (κ1) is 36.9. The Morgan fingerprint density at radius 2 is 1.33 bits per heavy atom. The smallest absolute Gasteiger partial charge is 0.0629 e. The lowest BCUT2D eigenvalue weighted by atomic mass is 9.31. The van der Waals surface area contributed by atoms with Gasteiger partial charge >= 0.3 is 0 Å². The first-order valence-corrected chi connectivity index (χ1v) is 20.7. The molecule has 0 radical (unpaired) electrons. The lowest BCUT2D eigenvalue weighted by Gasteiger charge is -2.74. The number of aliphatic hydroxyl groups is 1. The highest BCUT2D eigenvalue weighted by Crippen LogP contribution is 2.76. The molecule has 0 aliphatic heterocycles. The third-order valence-corrected chi connectivity index (χ3v) is 16.9. The van der Waals surface area contributed by atoms with Crippen molar-refractivity contribution < 1.29 is 9.84 Å². The van der Waals surface area contributed by atoms with E-state index in [1.54, 1.807) is 5.57 Å². The van der Waals surface area contributed by atoms with Crippen LogP contribution in [-0.4, -0.2) is 23.9 Å². The fourth-order valence-electron chi connectivity index (χ4n) is 13.7. The molecule has 0 saturated heterocycles. The van der Waals surface area contributed by atoms with Crippen molar-refractivity contribution in [1.82, 2.24) is 0 Å². The minimum absolute atomic E-state index is 0.0400. The van der Waals surface area contributed by atoms with Crippen molar-refractivity contribution >= 4 is 0 Å². The molecule has 0 spiro atoms. The Bertz CT molecular complexity index is 1030. The first-order valence-electron chi connectivity index (χ1n) is 20.7. The molecule has 5 aliphatic carbocycles. The standard InChI is InChI=1S/C44H78O2/c1-10-11-12-13-14-15-16-17-18-19-20-21-30-46-38-26-28-41(6)35(40(38,4)5)25-29-43(8)36(41)23-22-34-39-33(3)32(2)24-27-42(39,7)37(45)31-44(34,43)9/h24,33-39,45H,10-23,25-31H2,1-9H3/t33-,34-,35+,36-,37+,38+,39-,41+,42-,43-,44-/m1/s1. The summed E-state index contributed by atoms with van der Waals surface area (Å²) in [7, 11) is 0. The van der Waals surface area contributed by atoms with E-state index < -0.39 is 0 Å². The summed E-state index contributed by atoms with van der Waals surface area (Å²) in [5.41, 5.74) is 2.74. The minimum atomic E-state index is -0.187. The summed E-state index contributed by atoms with van der Waals surface area (Å²) >= 11 is 0. The molecule has 0 aromatic carbocycles. The maximum absolute atomic E-state index is 12.0. The Kier molecular flexibility index (Phi) is 11.6. The van der Waals surface area contributed by atoms with E-state index >= 15 is 0 Å². The van der Waals surface area contributed by atoms with Gasteiger partial charge in [0.25, 0.3) is 0 Å². The van der Waals surface area contributed by atoms with E-state index in [0.29, 0.717) is 28.8 Å². The zero-order chi connectivity index (χ0) is 33.4. The second-order valence-electron chi connectivity index (χ2n) is 19.5. The van der Waals surface area contributed by atoms with Crippen LogP contribution >= 0.6 is 0 Å². The number of aliphatic hydroxyl groups excluding tert-OH is 1. The number of allylic oxidation sites excluding steroid dienone is 2. The monoisotopic (exact) mass is 639 g/mol. The van der Waals surface area contributed by atoms with E-state index in [-0.39, 0.29) is 22.3 Å². The van der Waals surface area contributed by atoms with Gasteiger partial charge in [0.2, 0.25) is 0 Å². The van der Waals surface area contributed by atoms with Crippen molar-refractivity contribution in [2.75, 3.05) is 6.61 Å². The van der Waals surface area contributed by atoms with Gasteiger partial charge in [-0.15, -0.1) is 0 Å². The molecule has 0 heterocycles. The summed E-state index contributed by atoms with van der Waals surface area (Å²) in [4.78, 5) is 0. The van der Waals surface area contributed by atoms with Gasteiger partial charge in [0.15, 0.2) is 0 Å². The van der Waals surface area contributed by atoms with E-state index in [1.165, 1.54) is 116 Å². The molecule has 0 bridgehead atoms. The molecule has 0 aromatic rings. The van der Waals surface area contributed by atoms with E-state index in [0.717, 1.165) is 37.2 Å². The summed E-state index contributed by atoms with van der Waals surface area (Å²) in [6.45, 7) is 23.8. The van der Waals surface area contributed by atoms with Gasteiger partial charge in [-0.2, -0.15) is 0 Å². The van der Waals surface area contributed by atoms with Crippen molar-refractivity contribution in [3.05, 3.63) is 11.6 Å². The van der Waals surface area contributed by atoms with Crippen LogP contribution in [0.2, 0.25) is 0 Å². The maximum Gasteiger partial charge on any atom is 0.0629 e. The van der Waals surface area contributed by atoms with Crippen LogP contribution in [0.5, 0.6) is 0 Å². The summed E-state index contributed by atoms with van der Waals surface area (Å²) in [5, 5.41) is 12.0. The minimum Gasteiger partial charge on any atom is -0.393 e. The molecule has 0 unspecified atom stereocenters. The predicted octanol–water partition coefficient (Wildman–Crippen LogP) is 12.7. The molecule has 11 atom stereocenters. The molecule has 266 valence electrons. The quantitative estimate of drug-likeness (QED) is 0.151. The second-order valence-corrected chi connectivity index (χ2v) is 19.5. The summed E-state index contributed by atoms with van der Waals surface area (Å²) in [6, 6.07) is 0. The summed E-state index contributed by atoms with van der Waals surface area (Å²) in [6.07, 6.45) is 29.5. The van der Waals surface area contributed by atoms with E-state index in [1.807, 2.05) is 0 Å². The molecule has 0 aromatic heterocycles. The molecule has 46 heavy (non-hydrogen) atoms. The van der Waals surface area contributed by atoms with Crippen LogP contribution in [0.3, 0.4) is 0 Å². The van der Waals surface area contributed by atoms with E-state index in [4.69, 9.17) is 4.74 Å². The third kappa shape index (κ3) is 6.37. The van der Waals surface area contributed by atoms with Gasteiger partial charge in [-0.25, -0.2) is 0 Å². The van der Waals surface area contributed by atoms with Crippen molar-refractivity contribution in [3.63, 3.8) is 0 Å². The van der Waals surface area contributed by atoms with Crippen molar-refractivity contribution in [1.29, 1.82) is 0 Å². The highest BCUT2D eigenvalue weighted by molar-refractivity contribution is 5.24. The molecule has 5 aliphatic rings. The Balaban J connectivity index is 1.15. The van der Waals surface area contributed by atoms with Crippen LogP contribution in [0.4, 0.5) is 0 Å². The number of rotatable bonds is 14. The van der Waals surface area contributed by atoms with Gasteiger partial charge in [0, 0.05) is 12.0 Å². The van der Waals surface area contributed by atoms with Crippen molar-refractivity contribution in [2.24, 2.45) is 56.7 Å². The van der Waals surface area contributed by atoms with Gasteiger partial charge in [0.1, 0.15) is 0 Å². The lowest BCUT2D eigenvalue weighted by molar-refractivity contribution is -0.269. The van der Waals surface area contributed by atoms with Crippen molar-refractivity contribution in [2.45, 2.75) is 203 Å². The van der Waals surface area contributed by atoms with Gasteiger partial charge in [-0.3, -0.25) is 0 Å². The van der Waals surface area contributed by atoms with Gasteiger partial charge in [-0.1, -0.05) is 138 Å². The Morgan fingerprint density at radius 1 is 0.717 bits per heavy atom. The van der Waals surface area contributed by atoms with Crippen LogP contribution in [0.1, 0.15) is 191 Å². The van der Waals surface area contributed by atoms with Crippen LogP contribution in [0.15, 0.2) is 11.6 Å². The number of fused-ring (bicyclic) bond motifs is 7.